The number of esters is 1. The molecule has 2 saturated carbocycles. The van der Waals surface area contributed by atoms with Crippen molar-refractivity contribution in [2.45, 2.75) is 107 Å². The molecule has 1 aromatic carbocycles. The Bertz CT molecular complexity index is 1670. The molecule has 2 aliphatic carbocycles. The lowest BCUT2D eigenvalue weighted by molar-refractivity contribution is -0.148. The van der Waals surface area contributed by atoms with Crippen LogP contribution in [0.25, 0.3) is 10.9 Å². The Labute approximate surface area is 291 Å². The number of fused-ring (bicyclic) bond motifs is 3. The smallest absolute Gasteiger partial charge is 0.408 e. The molecule has 3 amide bonds. The first-order valence-corrected chi connectivity index (χ1v) is 17.6. The summed E-state index contributed by atoms with van der Waals surface area (Å²) in [6.45, 7) is 1.44. The number of nitrogens with zero attached hydrogens (tertiary/aromatic N) is 2. The number of allylic oxidation sites excluding steroid dienone is 1. The quantitative estimate of drug-likeness (QED) is 0.242. The van der Waals surface area contributed by atoms with Gasteiger partial charge in [-0.25, -0.2) is 14.6 Å². The average Bonchev–Trinajstić information content (AvgIpc) is 3.38. The summed E-state index contributed by atoms with van der Waals surface area (Å²) in [6, 6.07) is 4.86. The molecule has 2 aromatic rings. The molecule has 6 rings (SSSR count). The van der Waals surface area contributed by atoms with Crippen LogP contribution in [-0.2, 0) is 23.9 Å². The molecule has 1 aromatic heterocycles. The maximum Gasteiger partial charge on any atom is 0.408 e. The fraction of sp³-hybridized carbons (Fsp3) is 0.568. The number of benzene rings is 1. The zero-order valence-corrected chi connectivity index (χ0v) is 28.9. The summed E-state index contributed by atoms with van der Waals surface area (Å²) in [7, 11) is 2.83. The third-order valence-corrected chi connectivity index (χ3v) is 10.3. The fourth-order valence-electron chi connectivity index (χ4n) is 7.41. The largest absolute Gasteiger partial charge is 0.497 e. The van der Waals surface area contributed by atoms with Gasteiger partial charge >= 0.3 is 12.1 Å². The van der Waals surface area contributed by atoms with Crippen molar-refractivity contribution in [2.24, 2.45) is 5.92 Å². The van der Waals surface area contributed by atoms with E-state index in [1.54, 1.807) is 24.3 Å². The van der Waals surface area contributed by atoms with Crippen molar-refractivity contribution in [3.63, 3.8) is 0 Å². The van der Waals surface area contributed by atoms with E-state index in [9.17, 15) is 24.0 Å². The van der Waals surface area contributed by atoms with Crippen molar-refractivity contribution in [1.82, 2.24) is 20.5 Å². The minimum Gasteiger partial charge on any atom is -0.497 e. The zero-order valence-electron chi connectivity index (χ0n) is 28.9. The van der Waals surface area contributed by atoms with Crippen molar-refractivity contribution in [1.29, 1.82) is 0 Å². The normalized spacial score (nSPS) is 27.9. The van der Waals surface area contributed by atoms with Crippen molar-refractivity contribution in [3.8, 4) is 11.5 Å². The number of rotatable bonds is 7. The van der Waals surface area contributed by atoms with Crippen LogP contribution < -0.4 is 20.1 Å². The molecule has 5 atom stereocenters. The molecule has 0 bridgehead atoms. The summed E-state index contributed by atoms with van der Waals surface area (Å²) in [4.78, 5) is 73.0. The van der Waals surface area contributed by atoms with Gasteiger partial charge in [-0.15, -0.1) is 0 Å². The van der Waals surface area contributed by atoms with Crippen LogP contribution in [0.2, 0.25) is 0 Å². The molecule has 1 saturated heterocycles. The highest BCUT2D eigenvalue weighted by molar-refractivity contribution is 5.98. The van der Waals surface area contributed by atoms with Gasteiger partial charge < -0.3 is 34.5 Å². The number of methoxy groups -OCH3 is 2. The summed E-state index contributed by atoms with van der Waals surface area (Å²) in [6.07, 6.45) is 10.0. The molecule has 50 heavy (non-hydrogen) atoms. The van der Waals surface area contributed by atoms with Crippen molar-refractivity contribution >= 4 is 40.6 Å². The molecule has 2 aliphatic heterocycles. The van der Waals surface area contributed by atoms with Gasteiger partial charge in [0.25, 0.3) is 0 Å². The molecule has 268 valence electrons. The molecular formula is C37H46N4O9. The van der Waals surface area contributed by atoms with E-state index < -0.39 is 47.6 Å². The number of amides is 3. The Morgan fingerprint density at radius 1 is 1.00 bits per heavy atom. The van der Waals surface area contributed by atoms with Crippen LogP contribution in [0, 0.1) is 5.92 Å². The van der Waals surface area contributed by atoms with E-state index in [0.29, 0.717) is 41.7 Å². The molecule has 1 unspecified atom stereocenters. The molecule has 13 nitrogen and oxygen atoms in total. The van der Waals surface area contributed by atoms with Crippen LogP contribution in [0.4, 0.5) is 4.79 Å². The van der Waals surface area contributed by atoms with E-state index in [1.165, 1.54) is 26.0 Å². The van der Waals surface area contributed by atoms with Gasteiger partial charge in [0, 0.05) is 36.8 Å². The van der Waals surface area contributed by atoms with Crippen LogP contribution in [0.5, 0.6) is 11.5 Å². The summed E-state index contributed by atoms with van der Waals surface area (Å²) < 4.78 is 22.6. The number of hydrogen-bond acceptors (Lipinski definition) is 10. The predicted octanol–water partition coefficient (Wildman–Crippen LogP) is 4.40. The van der Waals surface area contributed by atoms with E-state index in [1.807, 2.05) is 12.2 Å². The number of ether oxygens (including phenoxy) is 4. The second kappa shape index (κ2) is 15.1. The van der Waals surface area contributed by atoms with Gasteiger partial charge in [0.1, 0.15) is 47.0 Å². The third-order valence-electron chi connectivity index (χ3n) is 10.3. The van der Waals surface area contributed by atoms with Crippen molar-refractivity contribution < 1.29 is 42.9 Å². The highest BCUT2D eigenvalue weighted by atomic mass is 16.6. The van der Waals surface area contributed by atoms with Gasteiger partial charge in [-0.1, -0.05) is 25.0 Å². The lowest BCUT2D eigenvalue weighted by atomic mass is 10.0. The number of carbonyl (C=O) groups excluding carboxylic acids is 5. The van der Waals surface area contributed by atoms with Crippen LogP contribution in [0.3, 0.4) is 0 Å². The standard InChI is InChI=1S/C37H46N4O9/c1-22(42)29-19-32(27-16-15-25(47-2)17-30(27)38-29)49-26-18-31-33(43)40-37(35(45)48-3)20-23(37)11-7-5-4-6-8-14-28(34(44)41(31)21-26)39-36(46)50-24-12-9-10-13-24/h7,11,15-17,19,23-24,26,28,31H,4-6,8-10,12-14,18,20-21H2,1-3H3,(H,39,46)(H,40,43)/b11-7-/t23?,26-,28+,31+,37-/m1/s1. The number of hydrogen-bond donors (Lipinski definition) is 2. The minimum atomic E-state index is -1.23. The summed E-state index contributed by atoms with van der Waals surface area (Å²) in [5.74, 6) is -1.04. The Morgan fingerprint density at radius 2 is 1.78 bits per heavy atom. The lowest BCUT2D eigenvalue weighted by Crippen LogP contribution is -2.56. The van der Waals surface area contributed by atoms with E-state index in [0.717, 1.165) is 44.9 Å². The van der Waals surface area contributed by atoms with Gasteiger partial charge in [-0.2, -0.15) is 0 Å². The lowest BCUT2D eigenvalue weighted by Gasteiger charge is -2.29. The Hall–Kier alpha value is -4.68. The third kappa shape index (κ3) is 7.56. The second-order valence-corrected chi connectivity index (χ2v) is 13.8. The van der Waals surface area contributed by atoms with Crippen LogP contribution >= 0.6 is 0 Å². The van der Waals surface area contributed by atoms with Gasteiger partial charge in [-0.3, -0.25) is 14.4 Å². The second-order valence-electron chi connectivity index (χ2n) is 13.8. The first kappa shape index (κ1) is 35.2. The molecule has 13 heteroatoms. The fourth-order valence-corrected chi connectivity index (χ4v) is 7.41. The van der Waals surface area contributed by atoms with Crippen LogP contribution in [0.15, 0.2) is 36.4 Å². The molecule has 0 radical (unpaired) electrons. The number of Topliss-reactive ketones (excluding diaryl/α,β-unsaturated/α-hetero) is 1. The molecule has 3 fully saturated rings. The van der Waals surface area contributed by atoms with E-state index >= 15 is 0 Å². The number of pyridine rings is 1. The Morgan fingerprint density at radius 3 is 2.52 bits per heavy atom. The highest BCUT2D eigenvalue weighted by Crippen LogP contribution is 2.46. The van der Waals surface area contributed by atoms with E-state index in [4.69, 9.17) is 18.9 Å². The molecule has 2 N–H and O–H groups in total. The molecule has 0 spiro atoms. The molecule has 3 heterocycles. The van der Waals surface area contributed by atoms with E-state index in [-0.39, 0.29) is 36.5 Å². The van der Waals surface area contributed by atoms with Crippen LogP contribution in [-0.4, -0.2) is 90.1 Å². The van der Waals surface area contributed by atoms with Gasteiger partial charge in [0.05, 0.1) is 26.3 Å². The number of nitrogens with one attached hydrogen (secondary N) is 2. The minimum absolute atomic E-state index is 0.0245. The maximum atomic E-state index is 14.4. The molecule has 4 aliphatic rings. The SMILES string of the molecule is COC(=O)[C@@]12CC1/C=C\CCCCC[C@H](NC(=O)OC1CCCC1)C(=O)N1C[C@H](Oc3cc(C(C)=O)nc4cc(OC)ccc34)C[C@H]1C(=O)N2. The zero-order chi connectivity index (χ0) is 35.4. The first-order chi connectivity index (χ1) is 24.1. The summed E-state index contributed by atoms with van der Waals surface area (Å²) in [5.41, 5.74) is -0.540. The van der Waals surface area contributed by atoms with Crippen molar-refractivity contribution in [3.05, 3.63) is 42.1 Å². The number of aromatic nitrogens is 1. The Balaban J connectivity index is 1.31. The summed E-state index contributed by atoms with van der Waals surface area (Å²) >= 11 is 0. The number of carbonyl (C=O) groups is 5. The number of alkyl carbamates (subject to hydrolysis) is 1. The average molecular weight is 691 g/mol. The Kier molecular flexibility index (Phi) is 10.6. The summed E-state index contributed by atoms with van der Waals surface area (Å²) in [5, 5.41) is 6.38. The van der Waals surface area contributed by atoms with Gasteiger partial charge in [0.15, 0.2) is 5.78 Å². The monoisotopic (exact) mass is 690 g/mol. The predicted molar refractivity (Wildman–Crippen MR) is 182 cm³/mol. The number of ketones is 1. The first-order valence-electron chi connectivity index (χ1n) is 17.6. The maximum absolute atomic E-state index is 14.4. The van der Waals surface area contributed by atoms with Gasteiger partial charge in [-0.05, 0) is 63.5 Å². The van der Waals surface area contributed by atoms with Gasteiger partial charge in [0.2, 0.25) is 11.8 Å². The molecular weight excluding hydrogens is 644 g/mol. The topological polar surface area (TPSA) is 162 Å². The highest BCUT2D eigenvalue weighted by Gasteiger charge is 2.62. The van der Waals surface area contributed by atoms with Crippen LogP contribution in [0.1, 0.15) is 88.0 Å². The van der Waals surface area contributed by atoms with Crippen molar-refractivity contribution in [2.75, 3.05) is 20.8 Å². The van der Waals surface area contributed by atoms with E-state index in [2.05, 4.69) is 15.6 Å².